The maximum atomic E-state index is 10.8. The topological polar surface area (TPSA) is 46.5 Å². The molecular formula is C10H10Br2O3. The number of carboxylic acid groups (broad SMARTS) is 1. The van der Waals surface area contributed by atoms with E-state index in [-0.39, 0.29) is 0 Å². The minimum Gasteiger partial charge on any atom is -0.479 e. The van der Waals surface area contributed by atoms with E-state index in [9.17, 15) is 4.79 Å². The summed E-state index contributed by atoms with van der Waals surface area (Å²) in [6, 6.07) is 5.38. The van der Waals surface area contributed by atoms with E-state index < -0.39 is 12.1 Å². The fraction of sp³-hybridized carbons (Fsp3) is 0.300. The summed E-state index contributed by atoms with van der Waals surface area (Å²) in [6.45, 7) is 1.77. The number of hydrogen-bond acceptors (Lipinski definition) is 2. The van der Waals surface area contributed by atoms with Crippen molar-refractivity contribution in [3.63, 3.8) is 0 Å². The van der Waals surface area contributed by atoms with E-state index in [1.54, 1.807) is 19.1 Å². The van der Waals surface area contributed by atoms with Crippen molar-refractivity contribution in [2.45, 2.75) is 19.4 Å². The van der Waals surface area contributed by atoms with Crippen LogP contribution in [0.5, 0.6) is 5.75 Å². The fourth-order valence-electron chi connectivity index (χ4n) is 1.03. The van der Waals surface area contributed by atoms with Crippen LogP contribution in [0.3, 0.4) is 0 Å². The minimum absolute atomic E-state index is 0.425. The monoisotopic (exact) mass is 336 g/mol. The van der Waals surface area contributed by atoms with Crippen molar-refractivity contribution in [2.24, 2.45) is 0 Å². The average Bonchev–Trinajstić information content (AvgIpc) is 2.18. The van der Waals surface area contributed by atoms with Gasteiger partial charge in [0.2, 0.25) is 0 Å². The Morgan fingerprint density at radius 1 is 1.53 bits per heavy atom. The van der Waals surface area contributed by atoms with Crippen molar-refractivity contribution in [2.75, 3.05) is 0 Å². The predicted octanol–water partition coefficient (Wildman–Crippen LogP) is 3.45. The van der Waals surface area contributed by atoms with Crippen molar-refractivity contribution in [3.05, 3.63) is 27.1 Å². The Hall–Kier alpha value is -0.550. The Labute approximate surface area is 105 Å². The van der Waals surface area contributed by atoms with Gasteiger partial charge in [-0.05, 0) is 40.5 Å². The number of hydrogen-bond donors (Lipinski definition) is 1. The van der Waals surface area contributed by atoms with E-state index in [0.717, 1.165) is 8.95 Å². The first-order valence-electron chi connectivity index (χ1n) is 4.39. The first-order chi connectivity index (χ1) is 7.04. The first kappa shape index (κ1) is 12.5. The Bertz CT molecular complexity index is 366. The van der Waals surface area contributed by atoms with Crippen LogP contribution in [0.15, 0.2) is 27.1 Å². The second-order valence-corrected chi connectivity index (χ2v) is 4.70. The second-order valence-electron chi connectivity index (χ2n) is 2.93. The van der Waals surface area contributed by atoms with E-state index in [2.05, 4.69) is 31.9 Å². The van der Waals surface area contributed by atoms with Gasteiger partial charge in [-0.3, -0.25) is 0 Å². The number of ether oxygens (including phenoxy) is 1. The molecule has 3 nitrogen and oxygen atoms in total. The van der Waals surface area contributed by atoms with Gasteiger partial charge in [-0.2, -0.15) is 0 Å². The van der Waals surface area contributed by atoms with Crippen LogP contribution < -0.4 is 4.74 Å². The largest absolute Gasteiger partial charge is 0.479 e. The lowest BCUT2D eigenvalue weighted by atomic mass is 10.3. The van der Waals surface area contributed by atoms with Crippen molar-refractivity contribution >= 4 is 37.8 Å². The summed E-state index contributed by atoms with van der Waals surface area (Å²) in [5.41, 5.74) is 0. The zero-order chi connectivity index (χ0) is 11.4. The molecule has 0 spiro atoms. The van der Waals surface area contributed by atoms with E-state index in [1.807, 2.05) is 6.07 Å². The minimum atomic E-state index is -0.954. The van der Waals surface area contributed by atoms with Crippen LogP contribution in [0.4, 0.5) is 0 Å². The zero-order valence-corrected chi connectivity index (χ0v) is 11.2. The molecule has 0 bridgehead atoms. The third kappa shape index (κ3) is 3.50. The van der Waals surface area contributed by atoms with Crippen molar-refractivity contribution in [3.8, 4) is 5.75 Å². The van der Waals surface area contributed by atoms with Crippen molar-refractivity contribution in [1.82, 2.24) is 0 Å². The molecule has 1 aromatic rings. The highest BCUT2D eigenvalue weighted by Crippen LogP contribution is 2.29. The smallest absolute Gasteiger partial charge is 0.344 e. The molecule has 0 saturated heterocycles. The number of aliphatic carboxylic acids is 1. The maximum absolute atomic E-state index is 10.8. The van der Waals surface area contributed by atoms with Gasteiger partial charge in [-0.15, -0.1) is 0 Å². The van der Waals surface area contributed by atoms with E-state index >= 15 is 0 Å². The summed E-state index contributed by atoms with van der Waals surface area (Å²) in [6.07, 6.45) is -0.385. The summed E-state index contributed by atoms with van der Waals surface area (Å²) < 4.78 is 6.95. The van der Waals surface area contributed by atoms with Gasteiger partial charge in [0.25, 0.3) is 0 Å². The molecule has 0 radical (unpaired) electrons. The Balaban J connectivity index is 2.87. The molecule has 1 unspecified atom stereocenters. The molecule has 0 saturated carbocycles. The molecule has 5 heteroatoms. The van der Waals surface area contributed by atoms with Crippen LogP contribution in [0.1, 0.15) is 13.3 Å². The Morgan fingerprint density at radius 2 is 2.20 bits per heavy atom. The molecule has 1 rings (SSSR count). The lowest BCUT2D eigenvalue weighted by molar-refractivity contribution is -0.145. The first-order valence-corrected chi connectivity index (χ1v) is 5.97. The molecule has 1 N–H and O–H groups in total. The highest BCUT2D eigenvalue weighted by atomic mass is 79.9. The molecule has 0 fully saturated rings. The number of halogens is 2. The summed E-state index contributed by atoms with van der Waals surface area (Å²) in [5, 5.41) is 8.84. The molecule has 0 aliphatic heterocycles. The predicted molar refractivity (Wildman–Crippen MR) is 64.2 cm³/mol. The van der Waals surface area contributed by atoms with Crippen LogP contribution in [-0.2, 0) is 4.79 Å². The Morgan fingerprint density at radius 3 is 2.73 bits per heavy atom. The summed E-state index contributed by atoms with van der Waals surface area (Å²) in [7, 11) is 0. The summed E-state index contributed by atoms with van der Waals surface area (Å²) >= 11 is 6.60. The molecule has 82 valence electrons. The number of benzene rings is 1. The number of rotatable bonds is 4. The molecule has 1 aromatic carbocycles. The van der Waals surface area contributed by atoms with Crippen LogP contribution in [0.25, 0.3) is 0 Å². The lowest BCUT2D eigenvalue weighted by Gasteiger charge is -2.14. The second kappa shape index (κ2) is 5.51. The van der Waals surface area contributed by atoms with E-state index in [4.69, 9.17) is 9.84 Å². The lowest BCUT2D eigenvalue weighted by Crippen LogP contribution is -2.26. The van der Waals surface area contributed by atoms with Crippen LogP contribution in [0, 0.1) is 0 Å². The van der Waals surface area contributed by atoms with E-state index in [0.29, 0.717) is 12.2 Å². The van der Waals surface area contributed by atoms with Gasteiger partial charge in [-0.1, -0.05) is 22.9 Å². The summed E-state index contributed by atoms with van der Waals surface area (Å²) in [4.78, 5) is 10.8. The quantitative estimate of drug-likeness (QED) is 0.915. The van der Waals surface area contributed by atoms with Gasteiger partial charge in [0.15, 0.2) is 6.10 Å². The standard InChI is InChI=1S/C10H10Br2O3/c1-2-8(10(13)14)15-9-5-6(11)3-4-7(9)12/h3-5,8H,2H2,1H3,(H,13,14). The van der Waals surface area contributed by atoms with Crippen molar-refractivity contribution in [1.29, 1.82) is 0 Å². The highest BCUT2D eigenvalue weighted by molar-refractivity contribution is 9.11. The Kier molecular flexibility index (Phi) is 4.60. The van der Waals surface area contributed by atoms with Gasteiger partial charge in [0.1, 0.15) is 5.75 Å². The molecule has 15 heavy (non-hydrogen) atoms. The van der Waals surface area contributed by atoms with Gasteiger partial charge < -0.3 is 9.84 Å². The molecule has 0 aliphatic rings. The van der Waals surface area contributed by atoms with Crippen LogP contribution >= 0.6 is 31.9 Å². The fourth-order valence-corrected chi connectivity index (χ4v) is 1.71. The normalized spacial score (nSPS) is 12.2. The van der Waals surface area contributed by atoms with Gasteiger partial charge >= 0.3 is 5.97 Å². The third-order valence-electron chi connectivity index (χ3n) is 1.81. The van der Waals surface area contributed by atoms with Gasteiger partial charge in [0, 0.05) is 4.47 Å². The molecular weight excluding hydrogens is 328 g/mol. The number of carbonyl (C=O) groups is 1. The van der Waals surface area contributed by atoms with E-state index in [1.165, 1.54) is 0 Å². The zero-order valence-electron chi connectivity index (χ0n) is 8.04. The molecule has 0 amide bonds. The third-order valence-corrected chi connectivity index (χ3v) is 2.96. The molecule has 1 atom stereocenters. The van der Waals surface area contributed by atoms with Crippen LogP contribution in [0.2, 0.25) is 0 Å². The maximum Gasteiger partial charge on any atom is 0.344 e. The van der Waals surface area contributed by atoms with Gasteiger partial charge in [0.05, 0.1) is 4.47 Å². The summed E-state index contributed by atoms with van der Waals surface area (Å²) in [5.74, 6) is -0.428. The molecule has 0 aromatic heterocycles. The SMILES string of the molecule is CCC(Oc1cc(Br)ccc1Br)C(=O)O. The molecule has 0 heterocycles. The molecule has 0 aliphatic carbocycles. The number of carboxylic acids is 1. The van der Waals surface area contributed by atoms with Gasteiger partial charge in [-0.25, -0.2) is 4.79 Å². The van der Waals surface area contributed by atoms with Crippen LogP contribution in [-0.4, -0.2) is 17.2 Å². The average molecular weight is 338 g/mol. The van der Waals surface area contributed by atoms with Crippen molar-refractivity contribution < 1.29 is 14.6 Å². The highest BCUT2D eigenvalue weighted by Gasteiger charge is 2.17.